The standard InChI is InChI=1S/C24H19FN2O4/c1-15-7-2-4-11-19(15)30-14-21(28)27-22-18-10-3-5-12-20(18)31-23(22)24(29)26-17-9-6-8-16(25)13-17/h2-13H,14H2,1H3,(H,26,29)(H,27,28). The number of halogens is 1. The van der Waals surface area contributed by atoms with E-state index in [0.717, 1.165) is 5.56 Å². The van der Waals surface area contributed by atoms with E-state index >= 15 is 0 Å². The maximum atomic E-state index is 13.4. The Hall–Kier alpha value is -4.13. The van der Waals surface area contributed by atoms with Gasteiger partial charge in [-0.2, -0.15) is 0 Å². The lowest BCUT2D eigenvalue weighted by molar-refractivity contribution is -0.118. The van der Waals surface area contributed by atoms with Crippen LogP contribution in [0.2, 0.25) is 0 Å². The Morgan fingerprint density at radius 3 is 2.55 bits per heavy atom. The van der Waals surface area contributed by atoms with E-state index in [4.69, 9.17) is 9.15 Å². The van der Waals surface area contributed by atoms with Crippen molar-refractivity contribution in [1.29, 1.82) is 0 Å². The third-order valence-corrected chi connectivity index (χ3v) is 4.60. The van der Waals surface area contributed by atoms with Crippen LogP contribution in [0.4, 0.5) is 15.8 Å². The molecule has 7 heteroatoms. The van der Waals surface area contributed by atoms with Crippen molar-refractivity contribution in [3.8, 4) is 5.75 Å². The predicted molar refractivity (Wildman–Crippen MR) is 116 cm³/mol. The van der Waals surface area contributed by atoms with Crippen molar-refractivity contribution < 1.29 is 23.1 Å². The summed E-state index contributed by atoms with van der Waals surface area (Å²) in [5.41, 5.74) is 1.83. The molecule has 0 spiro atoms. The number of amides is 2. The summed E-state index contributed by atoms with van der Waals surface area (Å²) in [7, 11) is 0. The summed E-state index contributed by atoms with van der Waals surface area (Å²) < 4.78 is 24.7. The van der Waals surface area contributed by atoms with Gasteiger partial charge in [0, 0.05) is 11.1 Å². The first-order valence-electron chi connectivity index (χ1n) is 9.58. The number of fused-ring (bicyclic) bond motifs is 1. The zero-order valence-electron chi connectivity index (χ0n) is 16.6. The maximum absolute atomic E-state index is 13.4. The predicted octanol–water partition coefficient (Wildman–Crippen LogP) is 5.15. The van der Waals surface area contributed by atoms with Gasteiger partial charge in [0.2, 0.25) is 5.76 Å². The third-order valence-electron chi connectivity index (χ3n) is 4.60. The Morgan fingerprint density at radius 1 is 0.968 bits per heavy atom. The van der Waals surface area contributed by atoms with Crippen LogP contribution < -0.4 is 15.4 Å². The monoisotopic (exact) mass is 418 g/mol. The lowest BCUT2D eigenvalue weighted by atomic mass is 10.2. The van der Waals surface area contributed by atoms with Crippen molar-refractivity contribution >= 4 is 34.2 Å². The molecule has 0 radical (unpaired) electrons. The highest BCUT2D eigenvalue weighted by Crippen LogP contribution is 2.31. The Morgan fingerprint density at radius 2 is 1.74 bits per heavy atom. The molecular weight excluding hydrogens is 399 g/mol. The van der Waals surface area contributed by atoms with Gasteiger partial charge in [0.1, 0.15) is 22.8 Å². The largest absolute Gasteiger partial charge is 0.483 e. The van der Waals surface area contributed by atoms with E-state index < -0.39 is 17.6 Å². The molecule has 4 rings (SSSR count). The number of carbonyl (C=O) groups is 2. The van der Waals surface area contributed by atoms with Crippen LogP contribution in [0.15, 0.2) is 77.2 Å². The number of ether oxygens (including phenoxy) is 1. The van der Waals surface area contributed by atoms with Gasteiger partial charge in [-0.05, 0) is 48.9 Å². The Balaban J connectivity index is 1.57. The Bertz CT molecular complexity index is 1270. The molecule has 1 aromatic heterocycles. The van der Waals surface area contributed by atoms with Crippen LogP contribution in [-0.2, 0) is 4.79 Å². The van der Waals surface area contributed by atoms with Crippen molar-refractivity contribution in [2.45, 2.75) is 6.92 Å². The molecule has 0 bridgehead atoms. The minimum absolute atomic E-state index is 0.0882. The van der Waals surface area contributed by atoms with Crippen LogP contribution in [0, 0.1) is 12.7 Å². The lowest BCUT2D eigenvalue weighted by Crippen LogP contribution is -2.22. The number of rotatable bonds is 6. The van der Waals surface area contributed by atoms with Gasteiger partial charge in [0.05, 0.1) is 0 Å². The molecule has 0 saturated heterocycles. The number of nitrogens with one attached hydrogen (secondary N) is 2. The molecule has 2 amide bonds. The van der Waals surface area contributed by atoms with Crippen LogP contribution in [0.5, 0.6) is 5.75 Å². The highest BCUT2D eigenvalue weighted by molar-refractivity contribution is 6.14. The summed E-state index contributed by atoms with van der Waals surface area (Å²) in [4.78, 5) is 25.4. The number of para-hydroxylation sites is 2. The molecule has 6 nitrogen and oxygen atoms in total. The summed E-state index contributed by atoms with van der Waals surface area (Å²) >= 11 is 0. The molecule has 0 aliphatic rings. The van der Waals surface area contributed by atoms with Gasteiger partial charge in [-0.3, -0.25) is 9.59 Å². The zero-order valence-corrected chi connectivity index (χ0v) is 16.6. The molecule has 3 aromatic carbocycles. The van der Waals surface area contributed by atoms with Crippen LogP contribution in [-0.4, -0.2) is 18.4 Å². The first-order valence-corrected chi connectivity index (χ1v) is 9.58. The second kappa shape index (κ2) is 8.71. The fourth-order valence-electron chi connectivity index (χ4n) is 3.12. The van der Waals surface area contributed by atoms with Gasteiger partial charge < -0.3 is 19.8 Å². The average Bonchev–Trinajstić information content (AvgIpc) is 3.12. The molecule has 4 aromatic rings. The van der Waals surface area contributed by atoms with Crippen molar-refractivity contribution in [2.75, 3.05) is 17.2 Å². The minimum atomic E-state index is -0.614. The van der Waals surface area contributed by atoms with Crippen LogP contribution in [0.1, 0.15) is 16.1 Å². The number of hydrogen-bond donors (Lipinski definition) is 2. The van der Waals surface area contributed by atoms with Gasteiger partial charge in [0.25, 0.3) is 11.8 Å². The molecule has 31 heavy (non-hydrogen) atoms. The number of anilines is 2. The van der Waals surface area contributed by atoms with Gasteiger partial charge in [0.15, 0.2) is 6.61 Å². The topological polar surface area (TPSA) is 80.6 Å². The van der Waals surface area contributed by atoms with E-state index in [-0.39, 0.29) is 23.7 Å². The molecule has 0 aliphatic heterocycles. The van der Waals surface area contributed by atoms with Crippen molar-refractivity contribution in [2.24, 2.45) is 0 Å². The molecular formula is C24H19FN2O4. The SMILES string of the molecule is Cc1ccccc1OCC(=O)Nc1c(C(=O)Nc2cccc(F)c2)oc2ccccc12. The normalized spacial score (nSPS) is 10.6. The molecule has 0 unspecified atom stereocenters. The second-order valence-corrected chi connectivity index (χ2v) is 6.87. The van der Waals surface area contributed by atoms with Crippen molar-refractivity contribution in [1.82, 2.24) is 0 Å². The number of furan rings is 1. The smallest absolute Gasteiger partial charge is 0.293 e. The third kappa shape index (κ3) is 4.56. The number of carbonyl (C=O) groups excluding carboxylic acids is 2. The molecule has 1 heterocycles. The van der Waals surface area contributed by atoms with E-state index in [9.17, 15) is 14.0 Å². The summed E-state index contributed by atoms with van der Waals surface area (Å²) in [6, 6.07) is 19.8. The van der Waals surface area contributed by atoms with Crippen molar-refractivity contribution in [3.63, 3.8) is 0 Å². The van der Waals surface area contributed by atoms with Crippen molar-refractivity contribution in [3.05, 3.63) is 89.9 Å². The fraction of sp³-hybridized carbons (Fsp3) is 0.0833. The highest BCUT2D eigenvalue weighted by atomic mass is 19.1. The molecule has 156 valence electrons. The van der Waals surface area contributed by atoms with E-state index in [1.165, 1.54) is 18.2 Å². The first-order chi connectivity index (χ1) is 15.0. The quantitative estimate of drug-likeness (QED) is 0.454. The molecule has 0 atom stereocenters. The van der Waals surface area contributed by atoms with Gasteiger partial charge >= 0.3 is 0 Å². The average molecular weight is 418 g/mol. The highest BCUT2D eigenvalue weighted by Gasteiger charge is 2.22. The van der Waals surface area contributed by atoms with E-state index in [1.807, 2.05) is 25.1 Å². The Labute approximate surface area is 177 Å². The van der Waals surface area contributed by atoms with Gasteiger partial charge in [-0.25, -0.2) is 4.39 Å². The number of hydrogen-bond acceptors (Lipinski definition) is 4. The van der Waals surface area contributed by atoms with Gasteiger partial charge in [-0.1, -0.05) is 36.4 Å². The minimum Gasteiger partial charge on any atom is -0.483 e. The molecule has 2 N–H and O–H groups in total. The fourth-order valence-corrected chi connectivity index (χ4v) is 3.12. The zero-order chi connectivity index (χ0) is 21.8. The van der Waals surface area contributed by atoms with E-state index in [1.54, 1.807) is 36.4 Å². The Kier molecular flexibility index (Phi) is 5.66. The first kappa shape index (κ1) is 20.2. The number of aryl methyl sites for hydroxylation is 1. The second-order valence-electron chi connectivity index (χ2n) is 6.87. The summed E-state index contributed by atoms with van der Waals surface area (Å²) in [5.74, 6) is -1.04. The van der Waals surface area contributed by atoms with Gasteiger partial charge in [-0.15, -0.1) is 0 Å². The number of benzene rings is 3. The van der Waals surface area contributed by atoms with Crippen LogP contribution in [0.3, 0.4) is 0 Å². The maximum Gasteiger partial charge on any atom is 0.293 e. The van der Waals surface area contributed by atoms with E-state index in [0.29, 0.717) is 16.7 Å². The lowest BCUT2D eigenvalue weighted by Gasteiger charge is -2.10. The summed E-state index contributed by atoms with van der Waals surface area (Å²) in [5, 5.41) is 5.86. The summed E-state index contributed by atoms with van der Waals surface area (Å²) in [6.45, 7) is 1.64. The van der Waals surface area contributed by atoms with E-state index in [2.05, 4.69) is 10.6 Å². The van der Waals surface area contributed by atoms with Crippen LogP contribution in [0.25, 0.3) is 11.0 Å². The summed E-state index contributed by atoms with van der Waals surface area (Å²) in [6.07, 6.45) is 0. The van der Waals surface area contributed by atoms with Crippen LogP contribution >= 0.6 is 0 Å². The molecule has 0 fully saturated rings. The molecule has 0 aliphatic carbocycles. The molecule has 0 saturated carbocycles.